The fraction of sp³-hybridized carbons (Fsp3) is 1.00. The molecule has 102 valence electrons. The number of unbranched alkanes of at least 4 members (excludes halogenated alkanes) is 6. The molecule has 1 aliphatic heterocycles. The molecule has 0 aromatic carbocycles. The van der Waals surface area contributed by atoms with E-state index in [9.17, 15) is 0 Å². The Kier molecular flexibility index (Phi) is 7.87. The zero-order valence-electron chi connectivity index (χ0n) is 12.0. The number of nitrogens with one attached hydrogen (secondary N) is 1. The summed E-state index contributed by atoms with van der Waals surface area (Å²) in [6.45, 7) is 7.69. The molecule has 2 heteroatoms. The van der Waals surface area contributed by atoms with Crippen molar-refractivity contribution < 1.29 is 4.74 Å². The molecule has 0 aromatic heterocycles. The maximum Gasteiger partial charge on any atom is 0.0704 e. The van der Waals surface area contributed by atoms with Crippen molar-refractivity contribution in [2.75, 3.05) is 6.54 Å². The molecule has 0 bridgehead atoms. The van der Waals surface area contributed by atoms with Gasteiger partial charge in [-0.2, -0.15) is 0 Å². The summed E-state index contributed by atoms with van der Waals surface area (Å²) in [4.78, 5) is 0. The Bertz CT molecular complexity index is 184. The summed E-state index contributed by atoms with van der Waals surface area (Å²) < 4.78 is 5.98. The van der Waals surface area contributed by atoms with Crippen LogP contribution in [0.1, 0.15) is 72.1 Å². The van der Waals surface area contributed by atoms with Gasteiger partial charge in [0.25, 0.3) is 0 Å². The lowest BCUT2D eigenvalue weighted by atomic mass is 10.0. The lowest BCUT2D eigenvalue weighted by Gasteiger charge is -2.34. The molecule has 1 aliphatic rings. The predicted octanol–water partition coefficient (Wildman–Crippen LogP) is 3.89. The van der Waals surface area contributed by atoms with Crippen molar-refractivity contribution in [3.63, 3.8) is 0 Å². The molecule has 3 atom stereocenters. The highest BCUT2D eigenvalue weighted by atomic mass is 16.5. The lowest BCUT2D eigenvalue weighted by molar-refractivity contribution is -0.0531. The Morgan fingerprint density at radius 1 is 1.00 bits per heavy atom. The second-order valence-electron chi connectivity index (χ2n) is 5.57. The Balaban J connectivity index is 1.92. The van der Waals surface area contributed by atoms with Crippen molar-refractivity contribution >= 4 is 0 Å². The van der Waals surface area contributed by atoms with Crippen molar-refractivity contribution in [2.45, 2.75) is 90.4 Å². The van der Waals surface area contributed by atoms with Gasteiger partial charge < -0.3 is 10.1 Å². The Morgan fingerprint density at radius 3 is 2.29 bits per heavy atom. The molecular formula is C15H31NO. The summed E-state index contributed by atoms with van der Waals surface area (Å²) in [7, 11) is 0. The molecule has 0 radical (unpaired) electrons. The summed E-state index contributed by atoms with van der Waals surface area (Å²) in [6.07, 6.45) is 11.8. The summed E-state index contributed by atoms with van der Waals surface area (Å²) in [5.41, 5.74) is 0. The zero-order chi connectivity index (χ0) is 12.5. The minimum atomic E-state index is 0.373. The quantitative estimate of drug-likeness (QED) is 0.651. The van der Waals surface area contributed by atoms with E-state index in [0.29, 0.717) is 18.2 Å². The summed E-state index contributed by atoms with van der Waals surface area (Å²) in [6, 6.07) is 0.514. The molecule has 1 fully saturated rings. The van der Waals surface area contributed by atoms with E-state index in [4.69, 9.17) is 4.74 Å². The predicted molar refractivity (Wildman–Crippen MR) is 74.4 cm³/mol. The smallest absolute Gasteiger partial charge is 0.0704 e. The third kappa shape index (κ3) is 6.42. The number of hydrogen-bond donors (Lipinski definition) is 1. The van der Waals surface area contributed by atoms with Crippen molar-refractivity contribution in [3.05, 3.63) is 0 Å². The van der Waals surface area contributed by atoms with Crippen molar-refractivity contribution in [2.24, 2.45) is 0 Å². The van der Waals surface area contributed by atoms with Crippen molar-refractivity contribution in [1.29, 1.82) is 0 Å². The van der Waals surface area contributed by atoms with Gasteiger partial charge >= 0.3 is 0 Å². The van der Waals surface area contributed by atoms with Crippen LogP contribution in [0.15, 0.2) is 0 Å². The molecule has 0 aliphatic carbocycles. The minimum Gasteiger partial charge on any atom is -0.372 e. The highest BCUT2D eigenvalue weighted by Crippen LogP contribution is 2.15. The van der Waals surface area contributed by atoms with Gasteiger partial charge in [-0.05, 0) is 20.3 Å². The maximum absolute atomic E-state index is 5.98. The van der Waals surface area contributed by atoms with E-state index >= 15 is 0 Å². The van der Waals surface area contributed by atoms with Crippen molar-refractivity contribution in [3.8, 4) is 0 Å². The standard InChI is InChI=1S/C15H31NO/c1-4-5-6-7-8-9-10-11-15-12-16-13(2)14(3)17-15/h13-16H,4-12H2,1-3H3. The third-order valence-corrected chi connectivity index (χ3v) is 3.91. The van der Waals surface area contributed by atoms with Crippen molar-refractivity contribution in [1.82, 2.24) is 5.32 Å². The van der Waals surface area contributed by atoms with Gasteiger partial charge in [0, 0.05) is 12.6 Å². The van der Waals surface area contributed by atoms with Crippen LogP contribution in [0.3, 0.4) is 0 Å². The molecular weight excluding hydrogens is 210 g/mol. The molecule has 0 saturated carbocycles. The first-order valence-corrected chi connectivity index (χ1v) is 7.63. The summed E-state index contributed by atoms with van der Waals surface area (Å²) in [5, 5.41) is 3.53. The van der Waals surface area contributed by atoms with Gasteiger partial charge in [-0.25, -0.2) is 0 Å². The number of rotatable bonds is 8. The van der Waals surface area contributed by atoms with Crippen LogP contribution in [0, 0.1) is 0 Å². The summed E-state index contributed by atoms with van der Waals surface area (Å²) in [5.74, 6) is 0. The van der Waals surface area contributed by atoms with Gasteiger partial charge in [-0.3, -0.25) is 0 Å². The van der Waals surface area contributed by atoms with E-state index in [1.807, 2.05) is 0 Å². The van der Waals surface area contributed by atoms with Gasteiger partial charge in [0.2, 0.25) is 0 Å². The molecule has 17 heavy (non-hydrogen) atoms. The van der Waals surface area contributed by atoms with E-state index in [1.54, 1.807) is 0 Å². The highest BCUT2D eigenvalue weighted by molar-refractivity contribution is 4.78. The van der Waals surface area contributed by atoms with E-state index in [2.05, 4.69) is 26.1 Å². The fourth-order valence-electron chi connectivity index (χ4n) is 2.45. The Labute approximate surface area is 108 Å². The average Bonchev–Trinajstić information content (AvgIpc) is 2.32. The van der Waals surface area contributed by atoms with Crippen LogP contribution >= 0.6 is 0 Å². The van der Waals surface area contributed by atoms with Crippen LogP contribution < -0.4 is 5.32 Å². The molecule has 1 heterocycles. The topological polar surface area (TPSA) is 21.3 Å². The van der Waals surface area contributed by atoms with Crippen LogP contribution in [-0.4, -0.2) is 24.8 Å². The molecule has 2 nitrogen and oxygen atoms in total. The number of ether oxygens (including phenoxy) is 1. The first kappa shape index (κ1) is 15.0. The SMILES string of the molecule is CCCCCCCCCC1CNC(C)C(C)O1. The first-order valence-electron chi connectivity index (χ1n) is 7.63. The maximum atomic E-state index is 5.98. The van der Waals surface area contributed by atoms with Gasteiger partial charge in [-0.15, -0.1) is 0 Å². The van der Waals surface area contributed by atoms with Gasteiger partial charge in [0.15, 0.2) is 0 Å². The molecule has 0 aromatic rings. The molecule has 1 rings (SSSR count). The van der Waals surface area contributed by atoms with Crippen LogP contribution in [0.4, 0.5) is 0 Å². The normalized spacial score (nSPS) is 29.5. The second kappa shape index (κ2) is 8.93. The van der Waals surface area contributed by atoms with E-state index in [0.717, 1.165) is 6.54 Å². The molecule has 0 spiro atoms. The molecule has 1 N–H and O–H groups in total. The van der Waals surface area contributed by atoms with Crippen LogP contribution in [-0.2, 0) is 4.74 Å². The van der Waals surface area contributed by atoms with Gasteiger partial charge in [0.1, 0.15) is 0 Å². The molecule has 0 amide bonds. The van der Waals surface area contributed by atoms with Crippen LogP contribution in [0.25, 0.3) is 0 Å². The largest absolute Gasteiger partial charge is 0.372 e. The number of morpholine rings is 1. The average molecular weight is 241 g/mol. The van der Waals surface area contributed by atoms with E-state index in [1.165, 1.54) is 51.4 Å². The Hall–Kier alpha value is -0.0800. The first-order chi connectivity index (χ1) is 8.24. The third-order valence-electron chi connectivity index (χ3n) is 3.91. The highest BCUT2D eigenvalue weighted by Gasteiger charge is 2.23. The molecule has 1 saturated heterocycles. The van der Waals surface area contributed by atoms with Crippen LogP contribution in [0.5, 0.6) is 0 Å². The minimum absolute atomic E-state index is 0.373. The summed E-state index contributed by atoms with van der Waals surface area (Å²) >= 11 is 0. The van der Waals surface area contributed by atoms with E-state index < -0.39 is 0 Å². The second-order valence-corrected chi connectivity index (χ2v) is 5.57. The number of hydrogen-bond acceptors (Lipinski definition) is 2. The van der Waals surface area contributed by atoms with Gasteiger partial charge in [0.05, 0.1) is 12.2 Å². The van der Waals surface area contributed by atoms with Crippen LogP contribution in [0.2, 0.25) is 0 Å². The lowest BCUT2D eigenvalue weighted by Crippen LogP contribution is -2.49. The monoisotopic (exact) mass is 241 g/mol. The van der Waals surface area contributed by atoms with Gasteiger partial charge in [-0.1, -0.05) is 51.9 Å². The zero-order valence-corrected chi connectivity index (χ0v) is 12.0. The fourth-order valence-corrected chi connectivity index (χ4v) is 2.45. The Morgan fingerprint density at radius 2 is 1.65 bits per heavy atom. The van der Waals surface area contributed by atoms with E-state index in [-0.39, 0.29) is 0 Å². The molecule has 3 unspecified atom stereocenters.